The van der Waals surface area contributed by atoms with Gasteiger partial charge in [0.05, 0.1) is 17.1 Å². The van der Waals surface area contributed by atoms with Gasteiger partial charge in [-0.05, 0) is 37.1 Å². The highest BCUT2D eigenvalue weighted by Gasteiger charge is 2.23. The quantitative estimate of drug-likeness (QED) is 0.264. The van der Waals surface area contributed by atoms with E-state index in [9.17, 15) is 19.7 Å². The molecule has 2 rings (SSSR count). The molecule has 160 valence electrons. The van der Waals surface area contributed by atoms with Crippen molar-refractivity contribution in [3.63, 3.8) is 0 Å². The highest BCUT2D eigenvalue weighted by atomic mass is 16.6. The third kappa shape index (κ3) is 6.28. The molecule has 0 saturated heterocycles. The van der Waals surface area contributed by atoms with Crippen molar-refractivity contribution >= 4 is 28.9 Å². The number of methoxy groups -OCH3 is 1. The first kappa shape index (κ1) is 22.8. The summed E-state index contributed by atoms with van der Waals surface area (Å²) >= 11 is 0. The Labute approximate surface area is 174 Å². The van der Waals surface area contributed by atoms with Gasteiger partial charge in [0.2, 0.25) is 0 Å². The minimum atomic E-state index is -1.10. The largest absolute Gasteiger partial charge is 0.449 e. The second kappa shape index (κ2) is 10.9. The average Bonchev–Trinajstić information content (AvgIpc) is 2.74. The lowest BCUT2D eigenvalue weighted by molar-refractivity contribution is -0.384. The smallest absolute Gasteiger partial charge is 0.341 e. The first-order chi connectivity index (χ1) is 14.3. The molecule has 0 aliphatic heterocycles. The summed E-state index contributed by atoms with van der Waals surface area (Å²) in [5.41, 5.74) is 1.77. The molecule has 0 saturated carbocycles. The number of carbonyl (C=O) groups is 2. The molecule has 1 atom stereocenters. The van der Waals surface area contributed by atoms with Gasteiger partial charge in [0.15, 0.2) is 6.10 Å². The average molecular weight is 415 g/mol. The van der Waals surface area contributed by atoms with Gasteiger partial charge in [-0.25, -0.2) is 4.79 Å². The molecule has 0 aliphatic rings. The SMILES string of the molecule is CCc1ccc(NC(=O)[C@@H](C)OC(=O)c2cc([N+](=O)[O-])ccc2NCCOC)cc1. The van der Waals surface area contributed by atoms with E-state index in [1.807, 2.05) is 19.1 Å². The number of aryl methyl sites for hydroxylation is 1. The number of rotatable bonds is 10. The van der Waals surface area contributed by atoms with Crippen molar-refractivity contribution in [3.8, 4) is 0 Å². The molecule has 2 aromatic carbocycles. The van der Waals surface area contributed by atoms with E-state index in [0.29, 0.717) is 24.5 Å². The second-order valence-corrected chi connectivity index (χ2v) is 6.49. The number of hydrogen-bond acceptors (Lipinski definition) is 7. The fourth-order valence-corrected chi connectivity index (χ4v) is 2.60. The van der Waals surface area contributed by atoms with Crippen molar-refractivity contribution < 1.29 is 24.0 Å². The van der Waals surface area contributed by atoms with Gasteiger partial charge in [0.1, 0.15) is 0 Å². The number of anilines is 2. The molecular formula is C21H25N3O6. The van der Waals surface area contributed by atoms with Gasteiger partial charge in [0.25, 0.3) is 11.6 Å². The summed E-state index contributed by atoms with van der Waals surface area (Å²) < 4.78 is 10.2. The molecule has 0 heterocycles. The summed E-state index contributed by atoms with van der Waals surface area (Å²) in [6.07, 6.45) is -0.221. The van der Waals surface area contributed by atoms with Gasteiger partial charge in [0, 0.05) is 37.2 Å². The van der Waals surface area contributed by atoms with Crippen molar-refractivity contribution in [2.24, 2.45) is 0 Å². The molecule has 0 fully saturated rings. The van der Waals surface area contributed by atoms with E-state index in [4.69, 9.17) is 9.47 Å². The van der Waals surface area contributed by atoms with E-state index >= 15 is 0 Å². The summed E-state index contributed by atoms with van der Waals surface area (Å²) in [7, 11) is 1.53. The molecule has 9 heteroatoms. The number of benzene rings is 2. The van der Waals surface area contributed by atoms with Crippen molar-refractivity contribution in [3.05, 3.63) is 63.7 Å². The van der Waals surface area contributed by atoms with Crippen LogP contribution in [0.5, 0.6) is 0 Å². The Morgan fingerprint density at radius 2 is 1.87 bits per heavy atom. The predicted molar refractivity (Wildman–Crippen MR) is 113 cm³/mol. The summed E-state index contributed by atoms with van der Waals surface area (Å²) in [5, 5.41) is 16.7. The van der Waals surface area contributed by atoms with Crippen molar-refractivity contribution in [2.45, 2.75) is 26.4 Å². The number of nitrogens with zero attached hydrogens (tertiary/aromatic N) is 1. The van der Waals surface area contributed by atoms with Crippen molar-refractivity contribution in [1.29, 1.82) is 0 Å². The third-order valence-electron chi connectivity index (χ3n) is 4.34. The molecule has 0 spiro atoms. The van der Waals surface area contributed by atoms with Crippen LogP contribution in [0.3, 0.4) is 0 Å². The third-order valence-corrected chi connectivity index (χ3v) is 4.34. The van der Waals surface area contributed by atoms with Crippen molar-refractivity contribution in [2.75, 3.05) is 30.9 Å². The van der Waals surface area contributed by atoms with Crippen LogP contribution in [0.25, 0.3) is 0 Å². The van der Waals surface area contributed by atoms with Crippen LogP contribution in [-0.2, 0) is 20.7 Å². The van der Waals surface area contributed by atoms with Crippen LogP contribution in [0.2, 0.25) is 0 Å². The highest BCUT2D eigenvalue weighted by molar-refractivity contribution is 6.00. The molecule has 2 N–H and O–H groups in total. The molecule has 0 unspecified atom stereocenters. The van der Waals surface area contributed by atoms with Crippen LogP contribution in [-0.4, -0.2) is 43.2 Å². The van der Waals surface area contributed by atoms with Crippen LogP contribution in [0.15, 0.2) is 42.5 Å². The van der Waals surface area contributed by atoms with Gasteiger partial charge in [-0.15, -0.1) is 0 Å². The molecule has 0 bridgehead atoms. The Balaban J connectivity index is 2.10. The van der Waals surface area contributed by atoms with Crippen LogP contribution < -0.4 is 10.6 Å². The van der Waals surface area contributed by atoms with Crippen LogP contribution in [0.1, 0.15) is 29.8 Å². The maximum absolute atomic E-state index is 12.6. The van der Waals surface area contributed by atoms with Crippen LogP contribution in [0.4, 0.5) is 17.1 Å². The summed E-state index contributed by atoms with van der Waals surface area (Å²) in [5.74, 6) is -1.35. The Morgan fingerprint density at radius 3 is 2.47 bits per heavy atom. The molecule has 9 nitrogen and oxygen atoms in total. The maximum atomic E-state index is 12.6. The molecular weight excluding hydrogens is 390 g/mol. The maximum Gasteiger partial charge on any atom is 0.341 e. The van der Waals surface area contributed by atoms with Gasteiger partial charge in [-0.1, -0.05) is 19.1 Å². The minimum absolute atomic E-state index is 0.0350. The van der Waals surface area contributed by atoms with E-state index in [1.54, 1.807) is 12.1 Å². The summed E-state index contributed by atoms with van der Waals surface area (Å²) in [6, 6.07) is 11.1. The highest BCUT2D eigenvalue weighted by Crippen LogP contribution is 2.23. The van der Waals surface area contributed by atoms with E-state index in [1.165, 1.54) is 26.2 Å². The molecule has 0 radical (unpaired) electrons. The van der Waals surface area contributed by atoms with E-state index in [0.717, 1.165) is 18.1 Å². The molecule has 30 heavy (non-hydrogen) atoms. The zero-order valence-corrected chi connectivity index (χ0v) is 17.1. The van der Waals surface area contributed by atoms with Gasteiger partial charge in [-0.3, -0.25) is 14.9 Å². The van der Waals surface area contributed by atoms with Gasteiger partial charge in [-0.2, -0.15) is 0 Å². The Hall–Kier alpha value is -3.46. The molecule has 0 aliphatic carbocycles. The number of hydrogen-bond donors (Lipinski definition) is 2. The fourth-order valence-electron chi connectivity index (χ4n) is 2.60. The monoisotopic (exact) mass is 415 g/mol. The number of nitro benzene ring substituents is 1. The lowest BCUT2D eigenvalue weighted by Crippen LogP contribution is -2.30. The van der Waals surface area contributed by atoms with Crippen LogP contribution >= 0.6 is 0 Å². The van der Waals surface area contributed by atoms with Crippen molar-refractivity contribution in [1.82, 2.24) is 0 Å². The van der Waals surface area contributed by atoms with Crippen LogP contribution in [0, 0.1) is 10.1 Å². The lowest BCUT2D eigenvalue weighted by Gasteiger charge is -2.16. The molecule has 0 aromatic heterocycles. The zero-order chi connectivity index (χ0) is 22.1. The van der Waals surface area contributed by atoms with E-state index in [2.05, 4.69) is 10.6 Å². The first-order valence-corrected chi connectivity index (χ1v) is 9.47. The standard InChI is InChI=1S/C21H25N3O6/c1-4-15-5-7-16(8-6-15)23-20(25)14(2)30-21(26)18-13-17(24(27)28)9-10-19(18)22-11-12-29-3/h5-10,13-14,22H,4,11-12H2,1-3H3,(H,23,25)/t14-/m1/s1. The normalized spacial score (nSPS) is 11.4. The van der Waals surface area contributed by atoms with Gasteiger partial charge < -0.3 is 20.1 Å². The number of amides is 1. The Morgan fingerprint density at radius 1 is 1.17 bits per heavy atom. The van der Waals surface area contributed by atoms with E-state index < -0.39 is 22.9 Å². The Bertz CT molecular complexity index is 898. The summed E-state index contributed by atoms with van der Waals surface area (Å²) in [6.45, 7) is 4.23. The number of ether oxygens (including phenoxy) is 2. The van der Waals surface area contributed by atoms with Gasteiger partial charge >= 0.3 is 5.97 Å². The number of nitrogens with one attached hydrogen (secondary N) is 2. The molecule has 2 aromatic rings. The number of non-ortho nitro benzene ring substituents is 1. The van der Waals surface area contributed by atoms with E-state index in [-0.39, 0.29) is 11.3 Å². The number of esters is 1. The lowest BCUT2D eigenvalue weighted by atomic mass is 10.1. The number of carbonyl (C=O) groups excluding carboxylic acids is 2. The second-order valence-electron chi connectivity index (χ2n) is 6.49. The number of nitro groups is 1. The molecule has 1 amide bonds. The Kier molecular flexibility index (Phi) is 8.30. The predicted octanol–water partition coefficient (Wildman–Crippen LogP) is 3.40. The topological polar surface area (TPSA) is 120 Å². The minimum Gasteiger partial charge on any atom is -0.449 e. The fraction of sp³-hybridized carbons (Fsp3) is 0.333. The summed E-state index contributed by atoms with van der Waals surface area (Å²) in [4.78, 5) is 35.5. The zero-order valence-electron chi connectivity index (χ0n) is 17.1. The first-order valence-electron chi connectivity index (χ1n) is 9.47.